The molecular weight excluding hydrogens is 323 g/mol. The first kappa shape index (κ1) is 15.9. The van der Waals surface area contributed by atoms with E-state index in [0.717, 1.165) is 0 Å². The summed E-state index contributed by atoms with van der Waals surface area (Å²) in [5, 5.41) is 13.0. The number of halogens is 4. The van der Waals surface area contributed by atoms with Gasteiger partial charge < -0.3 is 10.4 Å². The molecule has 0 aliphatic rings. The number of hydrogen-bond donors (Lipinski definition) is 2. The number of nitrogens with one attached hydrogen (secondary N) is 1. The molecule has 0 atom stereocenters. The molecule has 0 aromatic heterocycles. The highest BCUT2D eigenvalue weighted by Crippen LogP contribution is 2.40. The summed E-state index contributed by atoms with van der Waals surface area (Å²) in [7, 11) is 0. The molecular formula is C14H11ClF3NOS. The Morgan fingerprint density at radius 1 is 1.14 bits per heavy atom. The van der Waals surface area contributed by atoms with Gasteiger partial charge in [0.15, 0.2) is 0 Å². The van der Waals surface area contributed by atoms with Gasteiger partial charge in [0.25, 0.3) is 0 Å². The third-order valence-corrected chi connectivity index (χ3v) is 3.67. The Hall–Kier alpha value is -1.53. The van der Waals surface area contributed by atoms with Crippen LogP contribution in [0.1, 0.15) is 5.56 Å². The standard InChI is InChI=1S/C14H11ClF3NOS/c15-10-5-6-12(20)9(7-10)8-19-11-3-1-2-4-13(11)21-14(16,17)18/h1-7,19-20H,8H2. The maximum Gasteiger partial charge on any atom is 0.446 e. The van der Waals surface area contributed by atoms with Gasteiger partial charge in [0, 0.05) is 27.7 Å². The summed E-state index contributed by atoms with van der Waals surface area (Å²) >= 11 is 5.64. The lowest BCUT2D eigenvalue weighted by Gasteiger charge is -2.13. The van der Waals surface area contributed by atoms with E-state index in [1.54, 1.807) is 18.2 Å². The van der Waals surface area contributed by atoms with Crippen LogP contribution in [-0.4, -0.2) is 10.6 Å². The zero-order valence-corrected chi connectivity index (χ0v) is 12.2. The van der Waals surface area contributed by atoms with Crippen molar-refractivity contribution in [3.63, 3.8) is 0 Å². The summed E-state index contributed by atoms with van der Waals surface area (Å²) in [6.45, 7) is 0.168. The highest BCUT2D eigenvalue weighted by Gasteiger charge is 2.30. The predicted octanol–water partition coefficient (Wildman–Crippen LogP) is 5.27. The molecule has 0 aliphatic heterocycles. The van der Waals surface area contributed by atoms with Gasteiger partial charge in [0.2, 0.25) is 0 Å². The fourth-order valence-corrected chi connectivity index (χ4v) is 2.55. The third-order valence-electron chi connectivity index (χ3n) is 2.62. The Labute approximate surface area is 128 Å². The van der Waals surface area contributed by atoms with Crippen LogP contribution in [0, 0.1) is 0 Å². The van der Waals surface area contributed by atoms with E-state index in [9.17, 15) is 18.3 Å². The van der Waals surface area contributed by atoms with E-state index < -0.39 is 5.51 Å². The Bertz CT molecular complexity index is 634. The van der Waals surface area contributed by atoms with Crippen LogP contribution in [0.4, 0.5) is 18.9 Å². The minimum Gasteiger partial charge on any atom is -0.508 e. The number of phenolic OH excluding ortho intramolecular Hbond substituents is 1. The number of benzene rings is 2. The van der Waals surface area contributed by atoms with Crippen LogP contribution in [0.2, 0.25) is 5.02 Å². The van der Waals surface area contributed by atoms with Gasteiger partial charge >= 0.3 is 5.51 Å². The second-order valence-electron chi connectivity index (χ2n) is 4.17. The second-order valence-corrected chi connectivity index (χ2v) is 5.71. The summed E-state index contributed by atoms with van der Waals surface area (Å²) < 4.78 is 37.4. The number of rotatable bonds is 4. The van der Waals surface area contributed by atoms with Crippen molar-refractivity contribution in [3.05, 3.63) is 53.1 Å². The van der Waals surface area contributed by atoms with E-state index in [2.05, 4.69) is 5.32 Å². The van der Waals surface area contributed by atoms with E-state index >= 15 is 0 Å². The summed E-state index contributed by atoms with van der Waals surface area (Å²) in [5.41, 5.74) is -3.50. The lowest BCUT2D eigenvalue weighted by molar-refractivity contribution is -0.0327. The topological polar surface area (TPSA) is 32.3 Å². The molecule has 21 heavy (non-hydrogen) atoms. The number of phenols is 1. The highest BCUT2D eigenvalue weighted by atomic mass is 35.5. The van der Waals surface area contributed by atoms with Gasteiger partial charge in [0.1, 0.15) is 5.75 Å². The number of para-hydroxylation sites is 1. The molecule has 0 heterocycles. The summed E-state index contributed by atoms with van der Waals surface area (Å²) in [5.74, 6) is 0.0351. The largest absolute Gasteiger partial charge is 0.508 e. The van der Waals surface area contributed by atoms with Crippen molar-refractivity contribution in [1.82, 2.24) is 0 Å². The molecule has 2 aromatic rings. The van der Waals surface area contributed by atoms with Crippen LogP contribution in [-0.2, 0) is 6.54 Å². The minimum atomic E-state index is -4.35. The Morgan fingerprint density at radius 3 is 2.57 bits per heavy atom. The van der Waals surface area contributed by atoms with E-state index in [0.29, 0.717) is 16.3 Å². The Morgan fingerprint density at radius 2 is 1.86 bits per heavy atom. The molecule has 0 amide bonds. The molecule has 0 saturated heterocycles. The maximum absolute atomic E-state index is 12.5. The maximum atomic E-state index is 12.5. The van der Waals surface area contributed by atoms with Crippen molar-refractivity contribution in [3.8, 4) is 5.75 Å². The zero-order chi connectivity index (χ0) is 15.5. The molecule has 0 spiro atoms. The van der Waals surface area contributed by atoms with Gasteiger partial charge in [-0.3, -0.25) is 0 Å². The van der Waals surface area contributed by atoms with Gasteiger partial charge in [-0.1, -0.05) is 23.7 Å². The van der Waals surface area contributed by atoms with E-state index in [-0.39, 0.29) is 29.0 Å². The number of anilines is 1. The normalized spacial score (nSPS) is 11.4. The monoisotopic (exact) mass is 333 g/mol. The van der Waals surface area contributed by atoms with E-state index in [1.807, 2.05) is 0 Å². The molecule has 2 N–H and O–H groups in total. The number of aromatic hydroxyl groups is 1. The Balaban J connectivity index is 2.15. The molecule has 0 bridgehead atoms. The fraction of sp³-hybridized carbons (Fsp3) is 0.143. The molecule has 0 unspecified atom stereocenters. The molecule has 112 valence electrons. The van der Waals surface area contributed by atoms with Crippen molar-refractivity contribution in [2.45, 2.75) is 16.9 Å². The van der Waals surface area contributed by atoms with Crippen molar-refractivity contribution < 1.29 is 18.3 Å². The third kappa shape index (κ3) is 4.75. The molecule has 0 aliphatic carbocycles. The Kier molecular flexibility index (Phi) is 4.90. The molecule has 0 radical (unpaired) electrons. The minimum absolute atomic E-state index is 0.0351. The van der Waals surface area contributed by atoms with Crippen molar-refractivity contribution in [1.29, 1.82) is 0 Å². The molecule has 0 saturated carbocycles. The highest BCUT2D eigenvalue weighted by molar-refractivity contribution is 8.00. The van der Waals surface area contributed by atoms with Gasteiger partial charge in [0.05, 0.1) is 0 Å². The summed E-state index contributed by atoms with van der Waals surface area (Å²) in [4.78, 5) is 0.0755. The predicted molar refractivity (Wildman–Crippen MR) is 78.8 cm³/mol. The van der Waals surface area contributed by atoms with Crippen LogP contribution in [0.15, 0.2) is 47.4 Å². The molecule has 0 fully saturated rings. The van der Waals surface area contributed by atoms with Crippen LogP contribution >= 0.6 is 23.4 Å². The molecule has 2 rings (SSSR count). The number of alkyl halides is 3. The lowest BCUT2D eigenvalue weighted by atomic mass is 10.2. The molecule has 2 aromatic carbocycles. The first-order chi connectivity index (χ1) is 9.85. The lowest BCUT2D eigenvalue weighted by Crippen LogP contribution is -2.04. The zero-order valence-electron chi connectivity index (χ0n) is 10.6. The summed E-state index contributed by atoms with van der Waals surface area (Å²) in [6, 6.07) is 10.7. The number of hydrogen-bond acceptors (Lipinski definition) is 3. The SMILES string of the molecule is Oc1ccc(Cl)cc1CNc1ccccc1SC(F)(F)F. The van der Waals surface area contributed by atoms with Crippen LogP contribution in [0.5, 0.6) is 5.75 Å². The number of thioether (sulfide) groups is 1. The quantitative estimate of drug-likeness (QED) is 0.748. The van der Waals surface area contributed by atoms with Gasteiger partial charge in [-0.05, 0) is 42.1 Å². The second kappa shape index (κ2) is 6.49. The van der Waals surface area contributed by atoms with Crippen molar-refractivity contribution >= 4 is 29.1 Å². The van der Waals surface area contributed by atoms with Gasteiger partial charge in [-0.2, -0.15) is 13.2 Å². The van der Waals surface area contributed by atoms with Gasteiger partial charge in [-0.15, -0.1) is 0 Å². The first-order valence-corrected chi connectivity index (χ1v) is 7.10. The average molecular weight is 334 g/mol. The van der Waals surface area contributed by atoms with E-state index in [1.165, 1.54) is 24.3 Å². The van der Waals surface area contributed by atoms with Crippen LogP contribution < -0.4 is 5.32 Å². The molecule has 2 nitrogen and oxygen atoms in total. The molecule has 7 heteroatoms. The van der Waals surface area contributed by atoms with E-state index in [4.69, 9.17) is 11.6 Å². The van der Waals surface area contributed by atoms with Crippen molar-refractivity contribution in [2.75, 3.05) is 5.32 Å². The fourth-order valence-electron chi connectivity index (χ4n) is 1.71. The van der Waals surface area contributed by atoms with Crippen LogP contribution in [0.25, 0.3) is 0 Å². The smallest absolute Gasteiger partial charge is 0.446 e. The first-order valence-electron chi connectivity index (χ1n) is 5.91. The average Bonchev–Trinajstić information content (AvgIpc) is 2.39. The van der Waals surface area contributed by atoms with Crippen molar-refractivity contribution in [2.24, 2.45) is 0 Å². The summed E-state index contributed by atoms with van der Waals surface area (Å²) in [6.07, 6.45) is 0. The van der Waals surface area contributed by atoms with Gasteiger partial charge in [-0.25, -0.2) is 0 Å². The van der Waals surface area contributed by atoms with Crippen LogP contribution in [0.3, 0.4) is 0 Å².